The maximum atomic E-state index is 13.6. The molecule has 0 saturated carbocycles. The zero-order valence-corrected chi connectivity index (χ0v) is 11.1. The summed E-state index contributed by atoms with van der Waals surface area (Å²) in [5.41, 5.74) is 3.09. The molecule has 0 fully saturated rings. The molecule has 0 unspecified atom stereocenters. The number of halogens is 1. The van der Waals surface area contributed by atoms with Crippen LogP contribution in [0.2, 0.25) is 0 Å². The van der Waals surface area contributed by atoms with Crippen LogP contribution in [0.5, 0.6) is 0 Å². The molecule has 21 heavy (non-hydrogen) atoms. The topological polar surface area (TPSA) is 70.9 Å². The van der Waals surface area contributed by atoms with Gasteiger partial charge in [0.05, 0.1) is 6.20 Å². The van der Waals surface area contributed by atoms with E-state index in [-0.39, 0.29) is 5.95 Å². The fourth-order valence-corrected chi connectivity index (χ4v) is 2.38. The van der Waals surface area contributed by atoms with Crippen molar-refractivity contribution in [3.05, 3.63) is 42.9 Å². The largest absolute Gasteiger partial charge is 0.357 e. The maximum absolute atomic E-state index is 13.6. The molecule has 4 rings (SSSR count). The van der Waals surface area contributed by atoms with E-state index in [2.05, 4.69) is 25.3 Å². The van der Waals surface area contributed by atoms with E-state index >= 15 is 0 Å². The van der Waals surface area contributed by atoms with Crippen LogP contribution in [0.15, 0.2) is 36.9 Å². The summed E-state index contributed by atoms with van der Waals surface area (Å²) in [6, 6.07) is 3.68. The minimum Gasteiger partial charge on any atom is -0.357 e. The van der Waals surface area contributed by atoms with Crippen molar-refractivity contribution in [1.82, 2.24) is 24.3 Å². The van der Waals surface area contributed by atoms with Crippen molar-refractivity contribution in [2.75, 3.05) is 12.4 Å². The summed E-state index contributed by atoms with van der Waals surface area (Å²) in [5, 5.41) is 3.78. The molecule has 6 nitrogen and oxygen atoms in total. The lowest BCUT2D eigenvalue weighted by Crippen LogP contribution is -1.95. The Morgan fingerprint density at radius 1 is 1.24 bits per heavy atom. The van der Waals surface area contributed by atoms with Gasteiger partial charge in [-0.1, -0.05) is 0 Å². The number of nitrogens with zero attached hydrogens (tertiary/aromatic N) is 4. The Labute approximate surface area is 118 Å². The first-order chi connectivity index (χ1) is 10.3. The summed E-state index contributed by atoms with van der Waals surface area (Å²) < 4.78 is 15.1. The summed E-state index contributed by atoms with van der Waals surface area (Å²) >= 11 is 0. The van der Waals surface area contributed by atoms with E-state index in [1.807, 2.05) is 12.3 Å². The number of hydrogen-bond acceptors (Lipinski definition) is 4. The lowest BCUT2D eigenvalue weighted by molar-refractivity contribution is 0.573. The first kappa shape index (κ1) is 11.8. The van der Waals surface area contributed by atoms with E-state index in [9.17, 15) is 4.39 Å². The maximum Gasteiger partial charge on any atom is 0.224 e. The number of aromatic amines is 1. The van der Waals surface area contributed by atoms with E-state index in [1.54, 1.807) is 25.5 Å². The Balaban J connectivity index is 1.93. The van der Waals surface area contributed by atoms with Crippen molar-refractivity contribution in [2.45, 2.75) is 0 Å². The molecule has 0 bridgehead atoms. The van der Waals surface area contributed by atoms with Gasteiger partial charge in [-0.25, -0.2) is 9.97 Å². The Morgan fingerprint density at radius 2 is 2.14 bits per heavy atom. The van der Waals surface area contributed by atoms with Gasteiger partial charge >= 0.3 is 0 Å². The molecule has 0 amide bonds. The Bertz CT molecular complexity index is 955. The summed E-state index contributed by atoms with van der Waals surface area (Å²) in [4.78, 5) is 15.6. The normalized spacial score (nSPS) is 11.3. The Morgan fingerprint density at radius 3 is 3.00 bits per heavy atom. The number of rotatable bonds is 2. The highest BCUT2D eigenvalue weighted by Crippen LogP contribution is 2.28. The molecule has 4 aromatic rings. The highest BCUT2D eigenvalue weighted by atomic mass is 19.1. The zero-order chi connectivity index (χ0) is 14.4. The van der Waals surface area contributed by atoms with E-state index in [1.165, 1.54) is 10.6 Å². The van der Waals surface area contributed by atoms with Crippen molar-refractivity contribution < 1.29 is 4.39 Å². The van der Waals surface area contributed by atoms with Crippen LogP contribution in [0.1, 0.15) is 0 Å². The molecule has 4 heterocycles. The average molecular weight is 282 g/mol. The number of pyridine rings is 1. The van der Waals surface area contributed by atoms with Gasteiger partial charge in [0.25, 0.3) is 0 Å². The smallest absolute Gasteiger partial charge is 0.224 e. The summed E-state index contributed by atoms with van der Waals surface area (Å²) in [6.07, 6.45) is 6.51. The van der Waals surface area contributed by atoms with Crippen molar-refractivity contribution >= 4 is 22.6 Å². The minimum atomic E-state index is -0.389. The molecule has 0 aliphatic carbocycles. The van der Waals surface area contributed by atoms with Crippen LogP contribution >= 0.6 is 0 Å². The first-order valence-corrected chi connectivity index (χ1v) is 6.41. The number of nitrogens with one attached hydrogen (secondary N) is 2. The fourth-order valence-electron chi connectivity index (χ4n) is 2.38. The molecule has 0 atom stereocenters. The molecule has 0 spiro atoms. The molecule has 2 N–H and O–H groups in total. The highest BCUT2D eigenvalue weighted by Gasteiger charge is 2.10. The average Bonchev–Trinajstić information content (AvgIpc) is 3.10. The van der Waals surface area contributed by atoms with Crippen molar-refractivity contribution in [3.8, 4) is 11.1 Å². The van der Waals surface area contributed by atoms with Crippen LogP contribution in [0.4, 0.5) is 10.3 Å². The molecule has 0 radical (unpaired) electrons. The van der Waals surface area contributed by atoms with E-state index in [0.29, 0.717) is 11.6 Å². The zero-order valence-electron chi connectivity index (χ0n) is 11.1. The number of aromatic nitrogens is 5. The van der Waals surface area contributed by atoms with Crippen molar-refractivity contribution in [1.29, 1.82) is 0 Å². The number of fused-ring (bicyclic) bond motifs is 2. The lowest BCUT2D eigenvalue weighted by Gasteiger charge is -2.02. The van der Waals surface area contributed by atoms with Gasteiger partial charge < -0.3 is 10.3 Å². The van der Waals surface area contributed by atoms with Gasteiger partial charge in [-0.05, 0) is 12.1 Å². The fraction of sp³-hybridized carbons (Fsp3) is 0.0714. The second-order valence-corrected chi connectivity index (χ2v) is 4.64. The Kier molecular flexibility index (Phi) is 2.41. The predicted octanol–water partition coefficient (Wildman–Crippen LogP) is 2.45. The third-order valence-corrected chi connectivity index (χ3v) is 3.43. The standard InChI is InChI=1S/C14H11FN6/c1-16-14-19-5-10-9(4-18-13(10)20-14)8-2-3-12-17-6-11(15)21(12)7-8/h2-7H,1H3,(H2,16,18,19,20). The van der Waals surface area contributed by atoms with Gasteiger partial charge in [-0.3, -0.25) is 4.40 Å². The van der Waals surface area contributed by atoms with Crippen LogP contribution in [-0.4, -0.2) is 31.4 Å². The molecule has 7 heteroatoms. The number of hydrogen-bond donors (Lipinski definition) is 2. The minimum absolute atomic E-state index is 0.389. The monoisotopic (exact) mass is 282 g/mol. The van der Waals surface area contributed by atoms with Gasteiger partial charge in [0.1, 0.15) is 11.3 Å². The van der Waals surface area contributed by atoms with Crippen molar-refractivity contribution in [3.63, 3.8) is 0 Å². The molecular weight excluding hydrogens is 271 g/mol. The SMILES string of the molecule is CNc1ncc2c(-c3ccc4ncc(F)n4c3)c[nH]c2n1. The van der Waals surface area contributed by atoms with E-state index in [4.69, 9.17) is 0 Å². The number of H-pyrrole nitrogens is 1. The molecule has 0 aromatic carbocycles. The Hall–Kier alpha value is -2.96. The number of imidazole rings is 1. The van der Waals surface area contributed by atoms with Crippen LogP contribution in [-0.2, 0) is 0 Å². The first-order valence-electron chi connectivity index (χ1n) is 6.41. The predicted molar refractivity (Wildman–Crippen MR) is 77.6 cm³/mol. The molecule has 0 saturated heterocycles. The van der Waals surface area contributed by atoms with Crippen LogP contribution in [0.25, 0.3) is 27.8 Å². The van der Waals surface area contributed by atoms with Gasteiger partial charge in [0, 0.05) is 42.2 Å². The lowest BCUT2D eigenvalue weighted by atomic mass is 10.1. The second kappa shape index (κ2) is 4.27. The molecular formula is C14H11FN6. The molecule has 0 aliphatic heterocycles. The van der Waals surface area contributed by atoms with E-state index in [0.717, 1.165) is 22.2 Å². The van der Waals surface area contributed by atoms with Gasteiger partial charge in [-0.15, -0.1) is 0 Å². The molecule has 4 aromatic heterocycles. The summed E-state index contributed by atoms with van der Waals surface area (Å²) in [5.74, 6) is 0.160. The third kappa shape index (κ3) is 1.74. The van der Waals surface area contributed by atoms with Crippen molar-refractivity contribution in [2.24, 2.45) is 0 Å². The van der Waals surface area contributed by atoms with E-state index < -0.39 is 0 Å². The molecule has 104 valence electrons. The quantitative estimate of drug-likeness (QED) is 0.592. The van der Waals surface area contributed by atoms with Gasteiger partial charge in [-0.2, -0.15) is 9.37 Å². The van der Waals surface area contributed by atoms with Crippen LogP contribution < -0.4 is 5.32 Å². The van der Waals surface area contributed by atoms with Crippen LogP contribution in [0, 0.1) is 5.95 Å². The third-order valence-electron chi connectivity index (χ3n) is 3.43. The molecule has 0 aliphatic rings. The number of anilines is 1. The highest BCUT2D eigenvalue weighted by molar-refractivity contribution is 5.93. The van der Waals surface area contributed by atoms with Gasteiger partial charge in [0.15, 0.2) is 0 Å². The van der Waals surface area contributed by atoms with Crippen LogP contribution in [0.3, 0.4) is 0 Å². The summed E-state index contributed by atoms with van der Waals surface area (Å²) in [6.45, 7) is 0. The second-order valence-electron chi connectivity index (χ2n) is 4.64. The van der Waals surface area contributed by atoms with Gasteiger partial charge in [0.2, 0.25) is 11.9 Å². The summed E-state index contributed by atoms with van der Waals surface area (Å²) in [7, 11) is 1.76.